The van der Waals surface area contributed by atoms with Gasteiger partial charge in [0, 0.05) is 12.1 Å². The maximum Gasteiger partial charge on any atom is 0.239 e. The number of rotatable bonds is 6. The second kappa shape index (κ2) is 6.92. The molecule has 0 unspecified atom stereocenters. The van der Waals surface area contributed by atoms with Gasteiger partial charge in [0.15, 0.2) is 0 Å². The number of amides is 1. The summed E-state index contributed by atoms with van der Waals surface area (Å²) in [6.45, 7) is 8.95. The van der Waals surface area contributed by atoms with E-state index in [0.717, 1.165) is 13.0 Å². The third-order valence-corrected chi connectivity index (χ3v) is 2.14. The number of nitrogens with zero attached hydrogens (tertiary/aromatic N) is 2. The van der Waals surface area contributed by atoms with Crippen LogP contribution in [0.5, 0.6) is 0 Å². The predicted molar refractivity (Wildman–Crippen MR) is 77.2 cm³/mol. The SMILES string of the molecule is CCCNc1cncc(NCC(=O)NC(C)(C)C)n1. The number of hydrogen-bond donors (Lipinski definition) is 3. The highest BCUT2D eigenvalue weighted by molar-refractivity contribution is 5.81. The predicted octanol–water partition coefficient (Wildman–Crippen LogP) is 1.63. The molecule has 0 aliphatic rings. The van der Waals surface area contributed by atoms with E-state index in [9.17, 15) is 4.79 Å². The van der Waals surface area contributed by atoms with Crippen LogP contribution < -0.4 is 16.0 Å². The Labute approximate surface area is 114 Å². The van der Waals surface area contributed by atoms with E-state index in [-0.39, 0.29) is 18.0 Å². The summed E-state index contributed by atoms with van der Waals surface area (Å²) in [4.78, 5) is 20.0. The van der Waals surface area contributed by atoms with Crippen LogP contribution in [0.15, 0.2) is 12.4 Å². The summed E-state index contributed by atoms with van der Waals surface area (Å²) in [5.74, 6) is 1.23. The highest BCUT2D eigenvalue weighted by Gasteiger charge is 2.13. The maximum absolute atomic E-state index is 11.7. The first-order chi connectivity index (χ1) is 8.90. The molecule has 1 amide bonds. The molecule has 0 spiro atoms. The van der Waals surface area contributed by atoms with Crippen LogP contribution in [0.3, 0.4) is 0 Å². The normalized spacial score (nSPS) is 10.9. The monoisotopic (exact) mass is 265 g/mol. The minimum absolute atomic E-state index is 0.0683. The van der Waals surface area contributed by atoms with Crippen LogP contribution in [0, 0.1) is 0 Å². The van der Waals surface area contributed by atoms with Crippen molar-refractivity contribution in [2.45, 2.75) is 39.7 Å². The third kappa shape index (κ3) is 6.59. The molecule has 0 saturated carbocycles. The van der Waals surface area contributed by atoms with E-state index in [0.29, 0.717) is 11.6 Å². The largest absolute Gasteiger partial charge is 0.369 e. The molecule has 106 valence electrons. The number of nitrogens with one attached hydrogen (secondary N) is 3. The lowest BCUT2D eigenvalue weighted by molar-refractivity contribution is -0.120. The lowest BCUT2D eigenvalue weighted by Gasteiger charge is -2.20. The number of anilines is 2. The third-order valence-electron chi connectivity index (χ3n) is 2.14. The van der Waals surface area contributed by atoms with E-state index in [1.807, 2.05) is 20.8 Å². The van der Waals surface area contributed by atoms with Crippen molar-refractivity contribution in [1.29, 1.82) is 0 Å². The van der Waals surface area contributed by atoms with Crippen LogP contribution in [0.2, 0.25) is 0 Å². The first-order valence-corrected chi connectivity index (χ1v) is 6.51. The lowest BCUT2D eigenvalue weighted by Crippen LogP contribution is -2.43. The van der Waals surface area contributed by atoms with Crippen molar-refractivity contribution in [3.05, 3.63) is 12.4 Å². The lowest BCUT2D eigenvalue weighted by atomic mass is 10.1. The Morgan fingerprint density at radius 1 is 1.21 bits per heavy atom. The Balaban J connectivity index is 2.46. The van der Waals surface area contributed by atoms with Gasteiger partial charge in [0.1, 0.15) is 11.6 Å². The van der Waals surface area contributed by atoms with Gasteiger partial charge in [-0.3, -0.25) is 9.78 Å². The van der Waals surface area contributed by atoms with E-state index >= 15 is 0 Å². The van der Waals surface area contributed by atoms with Crippen molar-refractivity contribution in [3.63, 3.8) is 0 Å². The molecule has 3 N–H and O–H groups in total. The Morgan fingerprint density at radius 2 is 1.84 bits per heavy atom. The van der Waals surface area contributed by atoms with E-state index < -0.39 is 0 Å². The quantitative estimate of drug-likeness (QED) is 0.728. The van der Waals surface area contributed by atoms with Gasteiger partial charge in [0.05, 0.1) is 18.9 Å². The van der Waals surface area contributed by atoms with E-state index in [1.165, 1.54) is 0 Å². The van der Waals surface area contributed by atoms with Crippen LogP contribution in [0.1, 0.15) is 34.1 Å². The second-order valence-corrected chi connectivity index (χ2v) is 5.37. The van der Waals surface area contributed by atoms with E-state index in [2.05, 4.69) is 32.8 Å². The average Bonchev–Trinajstić information content (AvgIpc) is 2.32. The molecule has 0 aliphatic carbocycles. The number of aromatic nitrogens is 2. The van der Waals surface area contributed by atoms with E-state index in [1.54, 1.807) is 12.4 Å². The van der Waals surface area contributed by atoms with Gasteiger partial charge in [0.25, 0.3) is 0 Å². The molecule has 0 fully saturated rings. The summed E-state index contributed by atoms with van der Waals surface area (Å²) in [5, 5.41) is 8.98. The molecule has 1 aromatic heterocycles. The molecule has 0 aromatic carbocycles. The van der Waals surface area contributed by atoms with Crippen LogP contribution >= 0.6 is 0 Å². The number of hydrogen-bond acceptors (Lipinski definition) is 5. The van der Waals surface area contributed by atoms with Gasteiger partial charge in [-0.05, 0) is 27.2 Å². The summed E-state index contributed by atoms with van der Waals surface area (Å²) in [5.41, 5.74) is -0.227. The average molecular weight is 265 g/mol. The first-order valence-electron chi connectivity index (χ1n) is 6.51. The minimum atomic E-state index is -0.227. The Bertz CT molecular complexity index is 414. The van der Waals surface area contributed by atoms with Crippen LogP contribution in [-0.2, 0) is 4.79 Å². The second-order valence-electron chi connectivity index (χ2n) is 5.37. The van der Waals surface area contributed by atoms with Crippen molar-refractivity contribution >= 4 is 17.5 Å². The molecule has 0 aliphatic heterocycles. The van der Waals surface area contributed by atoms with Gasteiger partial charge in [-0.25, -0.2) is 4.98 Å². The Morgan fingerprint density at radius 3 is 2.42 bits per heavy atom. The smallest absolute Gasteiger partial charge is 0.239 e. The number of carbonyl (C=O) groups is 1. The Hall–Kier alpha value is -1.85. The minimum Gasteiger partial charge on any atom is -0.369 e. The van der Waals surface area contributed by atoms with Crippen molar-refractivity contribution in [2.75, 3.05) is 23.7 Å². The first kappa shape index (κ1) is 15.2. The van der Waals surface area contributed by atoms with Crippen LogP contribution in [-0.4, -0.2) is 34.5 Å². The fourth-order valence-electron chi connectivity index (χ4n) is 1.42. The molecule has 0 radical (unpaired) electrons. The standard InChI is InChI=1S/C13H23N5O/c1-5-6-15-10-7-14-8-11(17-10)16-9-12(19)18-13(2,3)4/h7-8H,5-6,9H2,1-4H3,(H,18,19)(H2,15,16,17). The fraction of sp³-hybridized carbons (Fsp3) is 0.615. The molecule has 0 bridgehead atoms. The van der Waals surface area contributed by atoms with Crippen LogP contribution in [0.4, 0.5) is 11.6 Å². The molecule has 1 heterocycles. The molecule has 6 heteroatoms. The van der Waals surface area contributed by atoms with Gasteiger partial charge in [-0.1, -0.05) is 6.92 Å². The Kier molecular flexibility index (Phi) is 5.54. The molecule has 19 heavy (non-hydrogen) atoms. The summed E-state index contributed by atoms with van der Waals surface area (Å²) in [7, 11) is 0. The zero-order valence-electron chi connectivity index (χ0n) is 12.1. The fourth-order valence-corrected chi connectivity index (χ4v) is 1.42. The van der Waals surface area contributed by atoms with E-state index in [4.69, 9.17) is 0 Å². The van der Waals surface area contributed by atoms with Crippen molar-refractivity contribution < 1.29 is 4.79 Å². The topological polar surface area (TPSA) is 78.9 Å². The van der Waals surface area contributed by atoms with Crippen molar-refractivity contribution in [3.8, 4) is 0 Å². The highest BCUT2D eigenvalue weighted by atomic mass is 16.2. The van der Waals surface area contributed by atoms with Gasteiger partial charge in [-0.2, -0.15) is 0 Å². The summed E-state index contributed by atoms with van der Waals surface area (Å²) >= 11 is 0. The summed E-state index contributed by atoms with van der Waals surface area (Å²) in [6, 6.07) is 0. The summed E-state index contributed by atoms with van der Waals surface area (Å²) in [6.07, 6.45) is 4.28. The zero-order chi connectivity index (χ0) is 14.3. The molecule has 0 saturated heterocycles. The molecule has 6 nitrogen and oxygen atoms in total. The van der Waals surface area contributed by atoms with Crippen molar-refractivity contribution in [1.82, 2.24) is 15.3 Å². The van der Waals surface area contributed by atoms with Gasteiger partial charge in [0.2, 0.25) is 5.91 Å². The molecule has 0 atom stereocenters. The molecule has 1 rings (SSSR count). The number of carbonyl (C=O) groups excluding carboxylic acids is 1. The van der Waals surface area contributed by atoms with Crippen molar-refractivity contribution in [2.24, 2.45) is 0 Å². The van der Waals surface area contributed by atoms with Crippen LogP contribution in [0.25, 0.3) is 0 Å². The summed E-state index contributed by atoms with van der Waals surface area (Å²) < 4.78 is 0. The zero-order valence-corrected chi connectivity index (χ0v) is 12.1. The molecule has 1 aromatic rings. The van der Waals surface area contributed by atoms with Gasteiger partial charge < -0.3 is 16.0 Å². The highest BCUT2D eigenvalue weighted by Crippen LogP contribution is 2.06. The molecular weight excluding hydrogens is 242 g/mol. The maximum atomic E-state index is 11.7. The van der Waals surface area contributed by atoms with Gasteiger partial charge >= 0.3 is 0 Å². The van der Waals surface area contributed by atoms with Gasteiger partial charge in [-0.15, -0.1) is 0 Å². The molecular formula is C13H23N5O.